The lowest BCUT2D eigenvalue weighted by molar-refractivity contribution is -0.141. The second-order valence-electron chi connectivity index (χ2n) is 6.17. The maximum Gasteiger partial charge on any atom is 0.433 e. The quantitative estimate of drug-likeness (QED) is 0.773. The molecule has 2 aromatic heterocycles. The van der Waals surface area contributed by atoms with Crippen molar-refractivity contribution in [1.82, 2.24) is 19.9 Å². The minimum atomic E-state index is -4.57. The largest absolute Gasteiger partial charge is 0.478 e. The third-order valence-electron chi connectivity index (χ3n) is 4.14. The van der Waals surface area contributed by atoms with Crippen LogP contribution in [0, 0.1) is 0 Å². The van der Waals surface area contributed by atoms with E-state index in [4.69, 9.17) is 9.47 Å². The fraction of sp³-hybridized carbons (Fsp3) is 0.444. The van der Waals surface area contributed by atoms with Crippen molar-refractivity contribution < 1.29 is 27.4 Å². The van der Waals surface area contributed by atoms with Crippen LogP contribution >= 0.6 is 0 Å². The van der Waals surface area contributed by atoms with Gasteiger partial charge in [-0.05, 0) is 31.9 Å². The fourth-order valence-corrected chi connectivity index (χ4v) is 2.85. The van der Waals surface area contributed by atoms with Crippen LogP contribution in [-0.4, -0.2) is 51.6 Å². The molecule has 1 aliphatic heterocycles. The maximum atomic E-state index is 12.8. The summed E-state index contributed by atoms with van der Waals surface area (Å²) in [4.78, 5) is 25.5. The van der Waals surface area contributed by atoms with Crippen molar-refractivity contribution in [3.05, 3.63) is 41.9 Å². The van der Waals surface area contributed by atoms with Crippen LogP contribution in [0.5, 0.6) is 11.9 Å². The lowest BCUT2D eigenvalue weighted by atomic mass is 10.1. The summed E-state index contributed by atoms with van der Waals surface area (Å²) in [5.74, 6) is 0.203. The summed E-state index contributed by atoms with van der Waals surface area (Å²) < 4.78 is 49.1. The molecule has 10 heteroatoms. The van der Waals surface area contributed by atoms with Crippen molar-refractivity contribution in [3.8, 4) is 11.9 Å². The zero-order chi connectivity index (χ0) is 20.1. The van der Waals surface area contributed by atoms with Crippen LogP contribution in [0.3, 0.4) is 0 Å². The van der Waals surface area contributed by atoms with Crippen LogP contribution in [0.15, 0.2) is 30.6 Å². The number of rotatable bonds is 5. The first-order valence-corrected chi connectivity index (χ1v) is 8.82. The van der Waals surface area contributed by atoms with Gasteiger partial charge in [-0.15, -0.1) is 0 Å². The summed E-state index contributed by atoms with van der Waals surface area (Å²) in [5.41, 5.74) is -0.666. The minimum absolute atomic E-state index is 0.228. The number of ether oxygens (including phenoxy) is 2. The molecule has 1 amide bonds. The molecule has 150 valence electrons. The molecule has 0 saturated carbocycles. The molecule has 0 bridgehead atoms. The molecule has 1 unspecified atom stereocenters. The van der Waals surface area contributed by atoms with Gasteiger partial charge in [-0.3, -0.25) is 4.79 Å². The van der Waals surface area contributed by atoms with Gasteiger partial charge >= 0.3 is 12.2 Å². The topological polar surface area (TPSA) is 77.4 Å². The van der Waals surface area contributed by atoms with Crippen LogP contribution in [0.2, 0.25) is 0 Å². The molecule has 3 rings (SSSR count). The monoisotopic (exact) mass is 396 g/mol. The number of piperidine rings is 1. The highest BCUT2D eigenvalue weighted by Crippen LogP contribution is 2.28. The molecular formula is C18H19F3N4O3. The average Bonchev–Trinajstić information content (AvgIpc) is 2.68. The molecular weight excluding hydrogens is 377 g/mol. The zero-order valence-electron chi connectivity index (χ0n) is 15.1. The van der Waals surface area contributed by atoms with Gasteiger partial charge in [0.1, 0.15) is 6.10 Å². The van der Waals surface area contributed by atoms with Gasteiger partial charge in [0.05, 0.1) is 18.7 Å². The molecule has 0 radical (unpaired) electrons. The summed E-state index contributed by atoms with van der Waals surface area (Å²) in [7, 11) is 0. The lowest BCUT2D eigenvalue weighted by Crippen LogP contribution is -2.44. The summed E-state index contributed by atoms with van der Waals surface area (Å²) >= 11 is 0. The van der Waals surface area contributed by atoms with Gasteiger partial charge < -0.3 is 14.4 Å². The van der Waals surface area contributed by atoms with E-state index < -0.39 is 18.0 Å². The second-order valence-corrected chi connectivity index (χ2v) is 6.17. The van der Waals surface area contributed by atoms with E-state index in [0.717, 1.165) is 12.3 Å². The van der Waals surface area contributed by atoms with E-state index in [0.29, 0.717) is 37.4 Å². The molecule has 0 aliphatic carbocycles. The van der Waals surface area contributed by atoms with E-state index in [-0.39, 0.29) is 18.5 Å². The van der Waals surface area contributed by atoms with E-state index in [1.54, 1.807) is 17.0 Å². The standard InChI is InChI=1S/C18H19F3N4O3/c1-2-27-15-6-5-12(10-23-15)16(26)25-9-3-4-13(11-25)28-17-22-8-7-14(24-17)18(19,20)21/h5-8,10,13H,2-4,9,11H2,1H3. The maximum absolute atomic E-state index is 12.8. The molecule has 2 aromatic rings. The molecule has 1 saturated heterocycles. The van der Waals surface area contributed by atoms with Crippen molar-refractivity contribution in [2.45, 2.75) is 32.0 Å². The predicted octanol–water partition coefficient (Wildman–Crippen LogP) is 2.97. The number of carbonyl (C=O) groups excluding carboxylic acids is 1. The Morgan fingerprint density at radius 3 is 2.79 bits per heavy atom. The van der Waals surface area contributed by atoms with Crippen LogP contribution in [0.4, 0.5) is 13.2 Å². The van der Waals surface area contributed by atoms with E-state index >= 15 is 0 Å². The Morgan fingerprint density at radius 2 is 2.11 bits per heavy atom. The Morgan fingerprint density at radius 1 is 1.29 bits per heavy atom. The van der Waals surface area contributed by atoms with E-state index in [1.165, 1.54) is 6.20 Å². The van der Waals surface area contributed by atoms with Crippen LogP contribution in [-0.2, 0) is 6.18 Å². The van der Waals surface area contributed by atoms with E-state index in [1.807, 2.05) is 6.92 Å². The van der Waals surface area contributed by atoms with Crippen molar-refractivity contribution >= 4 is 5.91 Å². The van der Waals surface area contributed by atoms with Crippen LogP contribution in [0.25, 0.3) is 0 Å². The molecule has 0 aromatic carbocycles. The zero-order valence-corrected chi connectivity index (χ0v) is 15.1. The first kappa shape index (κ1) is 19.8. The molecule has 0 N–H and O–H groups in total. The second kappa shape index (κ2) is 8.41. The van der Waals surface area contributed by atoms with E-state index in [9.17, 15) is 18.0 Å². The Labute approximate surface area is 159 Å². The van der Waals surface area contributed by atoms with Gasteiger partial charge in [0, 0.05) is 25.0 Å². The first-order chi connectivity index (χ1) is 13.4. The van der Waals surface area contributed by atoms with E-state index in [2.05, 4.69) is 15.0 Å². The van der Waals surface area contributed by atoms with Gasteiger partial charge in [-0.2, -0.15) is 18.2 Å². The average molecular weight is 396 g/mol. The highest BCUT2D eigenvalue weighted by atomic mass is 19.4. The highest BCUT2D eigenvalue weighted by Gasteiger charge is 2.33. The molecule has 3 heterocycles. The number of hydrogen-bond acceptors (Lipinski definition) is 6. The minimum Gasteiger partial charge on any atom is -0.478 e. The molecule has 1 atom stereocenters. The summed E-state index contributed by atoms with van der Waals surface area (Å²) in [6, 6.07) is 3.67. The van der Waals surface area contributed by atoms with Crippen LogP contribution in [0.1, 0.15) is 35.8 Å². The first-order valence-electron chi connectivity index (χ1n) is 8.82. The highest BCUT2D eigenvalue weighted by molar-refractivity contribution is 5.94. The SMILES string of the molecule is CCOc1ccc(C(=O)N2CCCC(Oc3nccc(C(F)(F)F)n3)C2)cn1. The molecule has 7 nitrogen and oxygen atoms in total. The normalized spacial score (nSPS) is 17.3. The smallest absolute Gasteiger partial charge is 0.433 e. The van der Waals surface area contributed by atoms with Gasteiger partial charge in [0.2, 0.25) is 5.88 Å². The number of hydrogen-bond donors (Lipinski definition) is 0. The fourth-order valence-electron chi connectivity index (χ4n) is 2.85. The molecule has 1 aliphatic rings. The molecule has 1 fully saturated rings. The molecule has 0 spiro atoms. The number of pyridine rings is 1. The molecule has 28 heavy (non-hydrogen) atoms. The third kappa shape index (κ3) is 4.87. The van der Waals surface area contributed by atoms with Crippen molar-refractivity contribution in [3.63, 3.8) is 0 Å². The summed E-state index contributed by atoms with van der Waals surface area (Å²) in [6.45, 7) is 3.06. The van der Waals surface area contributed by atoms with Crippen molar-refractivity contribution in [2.24, 2.45) is 0 Å². The Hall–Kier alpha value is -2.91. The Bertz CT molecular complexity index is 814. The Kier molecular flexibility index (Phi) is 5.96. The van der Waals surface area contributed by atoms with Gasteiger partial charge in [0.15, 0.2) is 5.69 Å². The Balaban J connectivity index is 1.64. The van der Waals surface area contributed by atoms with Crippen molar-refractivity contribution in [2.75, 3.05) is 19.7 Å². The number of carbonyl (C=O) groups is 1. The number of halogens is 3. The van der Waals surface area contributed by atoms with Crippen molar-refractivity contribution in [1.29, 1.82) is 0 Å². The number of nitrogens with zero attached hydrogens (tertiary/aromatic N) is 4. The lowest BCUT2D eigenvalue weighted by Gasteiger charge is -2.32. The summed E-state index contributed by atoms with van der Waals surface area (Å²) in [5, 5.41) is 0. The summed E-state index contributed by atoms with van der Waals surface area (Å²) in [6.07, 6.45) is -1.38. The van der Waals surface area contributed by atoms with Gasteiger partial charge in [0.25, 0.3) is 5.91 Å². The van der Waals surface area contributed by atoms with Gasteiger partial charge in [-0.25, -0.2) is 9.97 Å². The third-order valence-corrected chi connectivity index (χ3v) is 4.14. The van der Waals surface area contributed by atoms with Gasteiger partial charge in [-0.1, -0.05) is 0 Å². The number of alkyl halides is 3. The number of amides is 1. The predicted molar refractivity (Wildman–Crippen MR) is 92.0 cm³/mol. The number of likely N-dealkylation sites (tertiary alicyclic amines) is 1. The number of aromatic nitrogens is 3. The van der Waals surface area contributed by atoms with Crippen LogP contribution < -0.4 is 9.47 Å².